The number of nitrogens with two attached hydrogens (primary N) is 1. The number of benzene rings is 1. The van der Waals surface area contributed by atoms with E-state index in [0.717, 1.165) is 18.6 Å². The van der Waals surface area contributed by atoms with Crippen molar-refractivity contribution in [2.75, 3.05) is 6.61 Å². The molecule has 1 rings (SSSR count). The lowest BCUT2D eigenvalue weighted by Crippen LogP contribution is -2.09. The molecule has 0 radical (unpaired) electrons. The molecule has 0 saturated heterocycles. The summed E-state index contributed by atoms with van der Waals surface area (Å²) in [5.74, 6) is 0.917. The van der Waals surface area contributed by atoms with Crippen LogP contribution in [-0.4, -0.2) is 6.61 Å². The third kappa shape index (κ3) is 4.54. The third-order valence-electron chi connectivity index (χ3n) is 2.22. The van der Waals surface area contributed by atoms with Crippen LogP contribution in [0.25, 0.3) is 0 Å². The monoisotopic (exact) mass is 229 g/mol. The van der Waals surface area contributed by atoms with Gasteiger partial charge >= 0.3 is 0 Å². The zero-order valence-electron chi connectivity index (χ0n) is 9.40. The second-order valence-electron chi connectivity index (χ2n) is 3.40. The number of hydrogen-bond donors (Lipinski definition) is 1. The van der Waals surface area contributed by atoms with E-state index in [4.69, 9.17) is 10.5 Å². The Kier molecular flexibility index (Phi) is 7.18. The van der Waals surface area contributed by atoms with E-state index in [1.54, 1.807) is 0 Å². The topological polar surface area (TPSA) is 35.2 Å². The Hall–Kier alpha value is -0.730. The van der Waals surface area contributed by atoms with Crippen molar-refractivity contribution >= 4 is 12.4 Å². The predicted molar refractivity (Wildman–Crippen MR) is 66.7 cm³/mol. The fourth-order valence-corrected chi connectivity index (χ4v) is 1.46. The number of hydrogen-bond acceptors (Lipinski definition) is 2. The van der Waals surface area contributed by atoms with E-state index >= 15 is 0 Å². The van der Waals surface area contributed by atoms with Gasteiger partial charge in [0.15, 0.2) is 0 Å². The summed E-state index contributed by atoms with van der Waals surface area (Å²) < 4.78 is 5.36. The molecular weight excluding hydrogens is 210 g/mol. The average molecular weight is 230 g/mol. The molecule has 0 aromatic heterocycles. The Bertz CT molecular complexity index is 261. The zero-order chi connectivity index (χ0) is 10.4. The molecule has 1 aromatic rings. The molecule has 86 valence electrons. The Morgan fingerprint density at radius 2 is 1.80 bits per heavy atom. The van der Waals surface area contributed by atoms with E-state index in [1.807, 2.05) is 31.2 Å². The van der Waals surface area contributed by atoms with E-state index in [1.165, 1.54) is 5.56 Å². The predicted octanol–water partition coefficient (Wildman–Crippen LogP) is 3.31. The molecular formula is C12H20ClNO. The summed E-state index contributed by atoms with van der Waals surface area (Å²) in [5, 5.41) is 0. The van der Waals surface area contributed by atoms with E-state index in [0.29, 0.717) is 6.61 Å². The first-order valence-corrected chi connectivity index (χ1v) is 5.26. The minimum absolute atomic E-state index is 0. The highest BCUT2D eigenvalue weighted by molar-refractivity contribution is 5.85. The van der Waals surface area contributed by atoms with Gasteiger partial charge in [-0.1, -0.05) is 25.5 Å². The molecule has 0 fully saturated rings. The van der Waals surface area contributed by atoms with Crippen LogP contribution in [0, 0.1) is 0 Å². The van der Waals surface area contributed by atoms with Crippen LogP contribution in [0.1, 0.15) is 38.3 Å². The van der Waals surface area contributed by atoms with Crippen LogP contribution in [0.3, 0.4) is 0 Å². The van der Waals surface area contributed by atoms with E-state index in [-0.39, 0.29) is 18.4 Å². The van der Waals surface area contributed by atoms with Gasteiger partial charge in [-0.25, -0.2) is 0 Å². The molecule has 2 N–H and O–H groups in total. The van der Waals surface area contributed by atoms with Crippen LogP contribution >= 0.6 is 12.4 Å². The summed E-state index contributed by atoms with van der Waals surface area (Å²) in [7, 11) is 0. The smallest absolute Gasteiger partial charge is 0.119 e. The van der Waals surface area contributed by atoms with Crippen LogP contribution in [0.15, 0.2) is 24.3 Å². The van der Waals surface area contributed by atoms with E-state index < -0.39 is 0 Å². The second-order valence-corrected chi connectivity index (χ2v) is 3.40. The largest absolute Gasteiger partial charge is 0.494 e. The van der Waals surface area contributed by atoms with Crippen LogP contribution < -0.4 is 10.5 Å². The lowest BCUT2D eigenvalue weighted by atomic mass is 10.0. The van der Waals surface area contributed by atoms with Crippen molar-refractivity contribution in [2.24, 2.45) is 5.73 Å². The molecule has 1 aromatic carbocycles. The quantitative estimate of drug-likeness (QED) is 0.841. The Morgan fingerprint density at radius 1 is 1.20 bits per heavy atom. The minimum Gasteiger partial charge on any atom is -0.494 e. The molecule has 0 bridgehead atoms. The summed E-state index contributed by atoms with van der Waals surface area (Å²) in [6.07, 6.45) is 2.16. The Morgan fingerprint density at radius 3 is 2.27 bits per heavy atom. The molecule has 2 nitrogen and oxygen atoms in total. The molecule has 3 heteroatoms. The normalized spacial score (nSPS) is 11.7. The van der Waals surface area contributed by atoms with Gasteiger partial charge in [-0.2, -0.15) is 0 Å². The molecule has 0 amide bonds. The van der Waals surface area contributed by atoms with Gasteiger partial charge in [0.2, 0.25) is 0 Å². The molecule has 15 heavy (non-hydrogen) atoms. The highest BCUT2D eigenvalue weighted by Crippen LogP contribution is 2.19. The van der Waals surface area contributed by atoms with Gasteiger partial charge in [-0.05, 0) is 31.0 Å². The van der Waals surface area contributed by atoms with Crippen LogP contribution in [0.5, 0.6) is 5.75 Å². The lowest BCUT2D eigenvalue weighted by molar-refractivity contribution is 0.340. The molecule has 0 heterocycles. The molecule has 1 atom stereocenters. The maximum Gasteiger partial charge on any atom is 0.119 e. The van der Waals surface area contributed by atoms with Crippen LogP contribution in [0.2, 0.25) is 0 Å². The maximum absolute atomic E-state index is 5.99. The molecule has 0 saturated carbocycles. The first-order chi connectivity index (χ1) is 6.77. The van der Waals surface area contributed by atoms with Crippen molar-refractivity contribution in [2.45, 2.75) is 32.7 Å². The summed E-state index contributed by atoms with van der Waals surface area (Å²) in [4.78, 5) is 0. The second kappa shape index (κ2) is 7.55. The first kappa shape index (κ1) is 14.3. The highest BCUT2D eigenvalue weighted by atomic mass is 35.5. The standard InChI is InChI=1S/C12H19NO.ClH/c1-3-5-12(13)10-6-8-11(9-7-10)14-4-2;/h6-9,12H,3-5,13H2,1-2H3;1H/t12-;/m1./s1. The van der Waals surface area contributed by atoms with Gasteiger partial charge in [-0.3, -0.25) is 0 Å². The fraction of sp³-hybridized carbons (Fsp3) is 0.500. The minimum atomic E-state index is 0. The Labute approximate surface area is 98.2 Å². The van der Waals surface area contributed by atoms with Gasteiger partial charge in [0, 0.05) is 6.04 Å². The van der Waals surface area contributed by atoms with Gasteiger partial charge in [0.25, 0.3) is 0 Å². The van der Waals surface area contributed by atoms with Crippen molar-refractivity contribution in [3.63, 3.8) is 0 Å². The summed E-state index contributed by atoms with van der Waals surface area (Å²) in [6, 6.07) is 8.22. The summed E-state index contributed by atoms with van der Waals surface area (Å²) >= 11 is 0. The van der Waals surface area contributed by atoms with Gasteiger partial charge < -0.3 is 10.5 Å². The molecule has 0 spiro atoms. The fourth-order valence-electron chi connectivity index (χ4n) is 1.46. The molecule has 0 aliphatic rings. The van der Waals surface area contributed by atoms with Crippen molar-refractivity contribution in [3.05, 3.63) is 29.8 Å². The van der Waals surface area contributed by atoms with E-state index in [9.17, 15) is 0 Å². The first-order valence-electron chi connectivity index (χ1n) is 5.26. The number of rotatable bonds is 5. The lowest BCUT2D eigenvalue weighted by Gasteiger charge is -2.11. The van der Waals surface area contributed by atoms with Gasteiger partial charge in [0.05, 0.1) is 6.61 Å². The average Bonchev–Trinajstić information content (AvgIpc) is 2.20. The van der Waals surface area contributed by atoms with Crippen LogP contribution in [0.4, 0.5) is 0 Å². The SMILES string of the molecule is CCC[C@@H](N)c1ccc(OCC)cc1.Cl. The Balaban J connectivity index is 0.00000196. The molecule has 0 aliphatic carbocycles. The summed E-state index contributed by atoms with van der Waals surface area (Å²) in [5.41, 5.74) is 7.18. The number of ether oxygens (including phenoxy) is 1. The molecule has 0 unspecified atom stereocenters. The van der Waals surface area contributed by atoms with Crippen molar-refractivity contribution in [1.82, 2.24) is 0 Å². The van der Waals surface area contributed by atoms with Crippen LogP contribution in [-0.2, 0) is 0 Å². The summed E-state index contributed by atoms with van der Waals surface area (Å²) in [6.45, 7) is 4.84. The van der Waals surface area contributed by atoms with Crippen molar-refractivity contribution < 1.29 is 4.74 Å². The van der Waals surface area contributed by atoms with E-state index in [2.05, 4.69) is 6.92 Å². The van der Waals surface area contributed by atoms with Gasteiger partial charge in [0.1, 0.15) is 5.75 Å². The third-order valence-corrected chi connectivity index (χ3v) is 2.22. The number of halogens is 1. The highest BCUT2D eigenvalue weighted by Gasteiger charge is 2.03. The van der Waals surface area contributed by atoms with Crippen molar-refractivity contribution in [1.29, 1.82) is 0 Å². The zero-order valence-corrected chi connectivity index (χ0v) is 10.2. The van der Waals surface area contributed by atoms with Crippen molar-refractivity contribution in [3.8, 4) is 5.75 Å². The maximum atomic E-state index is 5.99. The van der Waals surface area contributed by atoms with Gasteiger partial charge in [-0.15, -0.1) is 12.4 Å². The molecule has 0 aliphatic heterocycles.